The third-order valence-electron chi connectivity index (χ3n) is 3.55. The zero-order chi connectivity index (χ0) is 23.2. The average Bonchev–Trinajstić information content (AvgIpc) is 2.35. The Morgan fingerprint density at radius 2 is 0.786 bits per heavy atom. The van der Waals surface area contributed by atoms with Crippen LogP contribution in [0.2, 0.25) is 0 Å². The van der Waals surface area contributed by atoms with Gasteiger partial charge in [-0.2, -0.15) is 70.2 Å². The molecule has 0 N–H and O–H groups in total. The van der Waals surface area contributed by atoms with Crippen molar-refractivity contribution in [3.63, 3.8) is 0 Å². The molecule has 0 nitrogen and oxygen atoms in total. The van der Waals surface area contributed by atoms with Crippen molar-refractivity contribution in [2.75, 3.05) is 0 Å². The molecule has 0 fully saturated rings. The lowest BCUT2D eigenvalue weighted by Gasteiger charge is -2.51. The molecule has 166 valence electrons. The predicted molar refractivity (Wildman–Crippen MR) is 48.8 cm³/mol. The minimum atomic E-state index is -8.44. The molecule has 1 rings (SSSR count). The SMILES string of the molecule is FC(F)(F)C1=C(C(F)(F)F)C(F)(C(F)(F)F)C(F)(F)C(F)(C(F)(F)F)C1(F)F. The monoisotopic (exact) mass is 462 g/mol. The average molecular weight is 462 g/mol. The fourth-order valence-electron chi connectivity index (χ4n) is 2.43. The Balaban J connectivity index is 4.52. The van der Waals surface area contributed by atoms with Crippen LogP contribution in [0.5, 0.6) is 0 Å². The van der Waals surface area contributed by atoms with Gasteiger partial charge in [-0.15, -0.1) is 0 Å². The van der Waals surface area contributed by atoms with Gasteiger partial charge in [-0.25, -0.2) is 8.78 Å². The van der Waals surface area contributed by atoms with Crippen LogP contribution in [0.4, 0.5) is 79.0 Å². The van der Waals surface area contributed by atoms with Gasteiger partial charge in [0.1, 0.15) is 11.1 Å². The molecule has 0 spiro atoms. The number of hydrogen-bond donors (Lipinski definition) is 0. The summed E-state index contributed by atoms with van der Waals surface area (Å²) in [5, 5.41) is 0. The maximum atomic E-state index is 13.9. The topological polar surface area (TPSA) is 0 Å². The predicted octanol–water partition coefficient (Wildman–Crippen LogP) is 6.23. The summed E-state index contributed by atoms with van der Waals surface area (Å²) in [5.41, 5.74) is -27.4. The quantitative estimate of drug-likeness (QED) is 0.296. The van der Waals surface area contributed by atoms with Crippen LogP contribution >= 0.6 is 0 Å². The molecule has 0 aromatic rings. The van der Waals surface area contributed by atoms with Crippen LogP contribution in [0, 0.1) is 0 Å². The van der Waals surface area contributed by atoms with Crippen LogP contribution < -0.4 is 0 Å². The second-order valence-corrected chi connectivity index (χ2v) is 5.21. The molecular weight excluding hydrogens is 462 g/mol. The molecule has 0 heterocycles. The Kier molecular flexibility index (Phi) is 4.85. The number of allylic oxidation sites excluding steroid dienone is 2. The highest BCUT2D eigenvalue weighted by atomic mass is 19.4. The van der Waals surface area contributed by atoms with E-state index in [2.05, 4.69) is 0 Å². The maximum Gasteiger partial charge on any atom is 0.435 e. The molecule has 1 aliphatic rings. The van der Waals surface area contributed by atoms with Crippen LogP contribution in [0.3, 0.4) is 0 Å². The van der Waals surface area contributed by atoms with Gasteiger partial charge in [0, 0.05) is 0 Å². The van der Waals surface area contributed by atoms with Gasteiger partial charge in [-0.3, -0.25) is 0 Å². The van der Waals surface area contributed by atoms with E-state index < -0.39 is 59.0 Å². The smallest absolute Gasteiger partial charge is 0.221 e. The van der Waals surface area contributed by atoms with Gasteiger partial charge in [-0.1, -0.05) is 0 Å². The highest BCUT2D eigenvalue weighted by molar-refractivity contribution is 5.49. The standard InChI is InChI=1S/C10F18/c11-3(9(23,24)25)1(5(14,15)16)2(6(17,18)19)4(12,13)7(20,8(3,21)22)10(26,27)28. The Hall–Kier alpha value is -1.52. The van der Waals surface area contributed by atoms with E-state index in [-0.39, 0.29) is 0 Å². The minimum absolute atomic E-state index is 5.43. The van der Waals surface area contributed by atoms with Crippen molar-refractivity contribution in [3.05, 3.63) is 11.1 Å². The summed E-state index contributed by atoms with van der Waals surface area (Å²) in [6.07, 6.45) is -31.5. The first-order chi connectivity index (χ1) is 11.7. The van der Waals surface area contributed by atoms with Gasteiger partial charge in [0.25, 0.3) is 0 Å². The second-order valence-electron chi connectivity index (χ2n) is 5.21. The van der Waals surface area contributed by atoms with Crippen molar-refractivity contribution in [1.29, 1.82) is 0 Å². The molecule has 0 aromatic carbocycles. The summed E-state index contributed by atoms with van der Waals surface area (Å²) in [6, 6.07) is 0. The summed E-state index contributed by atoms with van der Waals surface area (Å²) < 4.78 is 233. The third kappa shape index (κ3) is 2.64. The van der Waals surface area contributed by atoms with Crippen LogP contribution in [-0.2, 0) is 0 Å². The number of halogens is 18. The summed E-state index contributed by atoms with van der Waals surface area (Å²) in [4.78, 5) is 0. The summed E-state index contributed by atoms with van der Waals surface area (Å²) in [6.45, 7) is 0. The van der Waals surface area contributed by atoms with E-state index in [0.717, 1.165) is 0 Å². The lowest BCUT2D eigenvalue weighted by Crippen LogP contribution is -2.80. The largest absolute Gasteiger partial charge is 0.435 e. The van der Waals surface area contributed by atoms with Crippen LogP contribution in [0.1, 0.15) is 0 Å². The first kappa shape index (κ1) is 24.5. The molecular formula is C10F18. The molecule has 2 unspecified atom stereocenters. The molecule has 0 radical (unpaired) electrons. The van der Waals surface area contributed by atoms with E-state index in [1.54, 1.807) is 0 Å². The number of alkyl halides is 18. The van der Waals surface area contributed by atoms with E-state index in [1.165, 1.54) is 0 Å². The van der Waals surface area contributed by atoms with Gasteiger partial charge in [0.15, 0.2) is 0 Å². The molecule has 0 bridgehead atoms. The first-order valence-corrected chi connectivity index (χ1v) is 5.90. The maximum absolute atomic E-state index is 13.9. The molecule has 0 saturated heterocycles. The van der Waals surface area contributed by atoms with Crippen LogP contribution in [0.15, 0.2) is 11.1 Å². The fraction of sp³-hybridized carbons (Fsp3) is 0.800. The lowest BCUT2D eigenvalue weighted by molar-refractivity contribution is -0.420. The van der Waals surface area contributed by atoms with Gasteiger partial charge >= 0.3 is 47.9 Å². The summed E-state index contributed by atoms with van der Waals surface area (Å²) in [7, 11) is 0. The van der Waals surface area contributed by atoms with Gasteiger partial charge in [0.2, 0.25) is 0 Å². The van der Waals surface area contributed by atoms with Crippen LogP contribution in [0.25, 0.3) is 0 Å². The zero-order valence-electron chi connectivity index (χ0n) is 11.8. The Bertz CT molecular complexity index is 666. The van der Waals surface area contributed by atoms with E-state index in [1.807, 2.05) is 0 Å². The number of rotatable bonds is 0. The van der Waals surface area contributed by atoms with E-state index in [4.69, 9.17) is 0 Å². The highest BCUT2D eigenvalue weighted by Gasteiger charge is 2.98. The molecule has 0 saturated carbocycles. The summed E-state index contributed by atoms with van der Waals surface area (Å²) >= 11 is 0. The van der Waals surface area contributed by atoms with Crippen molar-refractivity contribution in [1.82, 2.24) is 0 Å². The lowest BCUT2D eigenvalue weighted by atomic mass is 9.66. The van der Waals surface area contributed by atoms with Crippen LogP contribution in [-0.4, -0.2) is 47.9 Å². The van der Waals surface area contributed by atoms with Crippen molar-refractivity contribution in [3.8, 4) is 0 Å². The summed E-state index contributed by atoms with van der Waals surface area (Å²) in [5.74, 6) is -16.5. The third-order valence-corrected chi connectivity index (χ3v) is 3.55. The molecule has 0 amide bonds. The zero-order valence-corrected chi connectivity index (χ0v) is 11.8. The van der Waals surface area contributed by atoms with Gasteiger partial charge in [0.05, 0.1) is 0 Å². The van der Waals surface area contributed by atoms with E-state index in [0.29, 0.717) is 0 Å². The Morgan fingerprint density at radius 3 is 1.00 bits per heavy atom. The highest BCUT2D eigenvalue weighted by Crippen LogP contribution is 2.71. The molecule has 18 heteroatoms. The number of hydrogen-bond acceptors (Lipinski definition) is 0. The minimum Gasteiger partial charge on any atom is -0.221 e. The first-order valence-electron chi connectivity index (χ1n) is 5.90. The Morgan fingerprint density at radius 1 is 0.464 bits per heavy atom. The molecule has 1 aliphatic carbocycles. The van der Waals surface area contributed by atoms with Gasteiger partial charge in [-0.05, 0) is 0 Å². The molecule has 28 heavy (non-hydrogen) atoms. The fourth-order valence-corrected chi connectivity index (χ4v) is 2.43. The van der Waals surface area contributed by atoms with Crippen molar-refractivity contribution < 1.29 is 79.0 Å². The molecule has 2 atom stereocenters. The molecule has 0 aliphatic heterocycles. The molecule has 0 aromatic heterocycles. The van der Waals surface area contributed by atoms with E-state index in [9.17, 15) is 79.0 Å². The van der Waals surface area contributed by atoms with Crippen molar-refractivity contribution >= 4 is 0 Å². The van der Waals surface area contributed by atoms with Gasteiger partial charge < -0.3 is 0 Å². The Labute approximate surface area is 139 Å². The normalized spacial score (nSPS) is 31.9. The van der Waals surface area contributed by atoms with Crippen molar-refractivity contribution in [2.45, 2.75) is 47.9 Å². The van der Waals surface area contributed by atoms with E-state index >= 15 is 0 Å². The second kappa shape index (κ2) is 5.54. The van der Waals surface area contributed by atoms with Crippen molar-refractivity contribution in [2.24, 2.45) is 0 Å².